The molecule has 0 aliphatic rings. The third kappa shape index (κ3) is 4.05. The second-order valence-corrected chi connectivity index (χ2v) is 4.83. The summed E-state index contributed by atoms with van der Waals surface area (Å²) in [5, 5.41) is 3.10. The molecule has 21 heavy (non-hydrogen) atoms. The number of ether oxygens (including phenoxy) is 1. The summed E-state index contributed by atoms with van der Waals surface area (Å²) in [5.41, 5.74) is 1.00. The molecular weight excluding hydrogens is 266 g/mol. The smallest absolute Gasteiger partial charge is 0.323 e. The average Bonchev–Trinajstić information content (AvgIpc) is 2.47. The lowest BCUT2D eigenvalue weighted by Gasteiger charge is -2.18. The van der Waals surface area contributed by atoms with E-state index in [2.05, 4.69) is 20.3 Å². The average molecular weight is 287 g/mol. The van der Waals surface area contributed by atoms with Crippen LogP contribution in [0.1, 0.15) is 20.8 Å². The largest absolute Gasteiger partial charge is 0.461 e. The summed E-state index contributed by atoms with van der Waals surface area (Å²) in [6, 6.07) is 10.3. The van der Waals surface area contributed by atoms with Gasteiger partial charge in [0.1, 0.15) is 0 Å². The van der Waals surface area contributed by atoms with Gasteiger partial charge in [-0.25, -0.2) is 0 Å². The highest BCUT2D eigenvalue weighted by molar-refractivity contribution is 5.56. The molecule has 112 valence electrons. The van der Waals surface area contributed by atoms with Crippen LogP contribution < -0.4 is 15.0 Å². The molecule has 0 saturated heterocycles. The third-order valence-corrected chi connectivity index (χ3v) is 2.72. The van der Waals surface area contributed by atoms with Gasteiger partial charge in [-0.3, -0.25) is 0 Å². The molecular formula is C15H21N5O. The van der Waals surface area contributed by atoms with Gasteiger partial charge in [-0.1, -0.05) is 18.2 Å². The van der Waals surface area contributed by atoms with Gasteiger partial charge in [-0.05, 0) is 32.9 Å². The van der Waals surface area contributed by atoms with Crippen LogP contribution in [0.2, 0.25) is 0 Å². The number of para-hydroxylation sites is 1. The number of nitrogens with zero attached hydrogens (tertiary/aromatic N) is 4. The van der Waals surface area contributed by atoms with E-state index in [1.54, 1.807) is 0 Å². The summed E-state index contributed by atoms with van der Waals surface area (Å²) in [5.74, 6) is 1.06. The maximum absolute atomic E-state index is 5.60. The zero-order valence-corrected chi connectivity index (χ0v) is 12.9. The number of hydrogen-bond acceptors (Lipinski definition) is 6. The minimum absolute atomic E-state index is 0.0109. The number of aromatic nitrogens is 3. The van der Waals surface area contributed by atoms with Gasteiger partial charge in [0.05, 0.1) is 6.10 Å². The van der Waals surface area contributed by atoms with Crippen molar-refractivity contribution in [1.29, 1.82) is 0 Å². The van der Waals surface area contributed by atoms with Crippen molar-refractivity contribution in [2.75, 3.05) is 23.8 Å². The fourth-order valence-electron chi connectivity index (χ4n) is 1.76. The van der Waals surface area contributed by atoms with E-state index in [1.165, 1.54) is 0 Å². The van der Waals surface area contributed by atoms with Crippen molar-refractivity contribution in [3.63, 3.8) is 0 Å². The molecule has 0 radical (unpaired) electrons. The highest BCUT2D eigenvalue weighted by atomic mass is 16.5. The minimum Gasteiger partial charge on any atom is -0.461 e. The molecule has 0 unspecified atom stereocenters. The van der Waals surface area contributed by atoms with Crippen LogP contribution in [0.5, 0.6) is 6.01 Å². The first-order valence-electron chi connectivity index (χ1n) is 7.05. The quantitative estimate of drug-likeness (QED) is 0.881. The Kier molecular flexibility index (Phi) is 4.92. The summed E-state index contributed by atoms with van der Waals surface area (Å²) in [4.78, 5) is 14.9. The van der Waals surface area contributed by atoms with Crippen molar-refractivity contribution in [2.45, 2.75) is 26.9 Å². The lowest BCUT2D eigenvalue weighted by Crippen LogP contribution is -2.17. The predicted molar refractivity (Wildman–Crippen MR) is 84.3 cm³/mol. The number of nitrogens with one attached hydrogen (secondary N) is 1. The highest BCUT2D eigenvalue weighted by Crippen LogP contribution is 2.22. The van der Waals surface area contributed by atoms with E-state index in [0.29, 0.717) is 17.9 Å². The van der Waals surface area contributed by atoms with Gasteiger partial charge in [0.2, 0.25) is 11.9 Å². The second-order valence-electron chi connectivity index (χ2n) is 4.83. The lowest BCUT2D eigenvalue weighted by molar-refractivity contribution is 0.222. The summed E-state index contributed by atoms with van der Waals surface area (Å²) in [6.07, 6.45) is 0.0109. The maximum atomic E-state index is 5.60. The molecule has 0 fully saturated rings. The van der Waals surface area contributed by atoms with E-state index < -0.39 is 0 Å². The van der Waals surface area contributed by atoms with Crippen LogP contribution in [0.25, 0.3) is 0 Å². The van der Waals surface area contributed by atoms with E-state index in [1.807, 2.05) is 63.1 Å². The molecule has 1 heterocycles. The van der Waals surface area contributed by atoms with Gasteiger partial charge >= 0.3 is 6.01 Å². The normalized spacial score (nSPS) is 10.5. The summed E-state index contributed by atoms with van der Waals surface area (Å²) in [6.45, 7) is 6.61. The molecule has 1 aromatic heterocycles. The van der Waals surface area contributed by atoms with Crippen LogP contribution >= 0.6 is 0 Å². The first-order chi connectivity index (χ1) is 10.1. The van der Waals surface area contributed by atoms with Gasteiger partial charge < -0.3 is 15.0 Å². The van der Waals surface area contributed by atoms with Crippen molar-refractivity contribution in [2.24, 2.45) is 0 Å². The first-order valence-corrected chi connectivity index (χ1v) is 7.05. The molecule has 6 heteroatoms. The summed E-state index contributed by atoms with van der Waals surface area (Å²) in [7, 11) is 1.92. The van der Waals surface area contributed by atoms with Gasteiger partial charge in [0.15, 0.2) is 0 Å². The fourth-order valence-corrected chi connectivity index (χ4v) is 1.76. The third-order valence-electron chi connectivity index (χ3n) is 2.72. The molecule has 0 aliphatic carbocycles. The Balaban J connectivity index is 2.34. The van der Waals surface area contributed by atoms with E-state index in [0.717, 1.165) is 12.2 Å². The number of hydrogen-bond donors (Lipinski definition) is 1. The first kappa shape index (κ1) is 15.0. The fraction of sp³-hybridized carbons (Fsp3) is 0.400. The standard InChI is InChI=1S/C15H21N5O/c1-5-16-13-17-14(19-15(18-13)21-11(2)3)20(4)12-9-7-6-8-10-12/h6-11H,5H2,1-4H3,(H,16,17,18,19). The molecule has 0 atom stereocenters. The molecule has 2 aromatic rings. The molecule has 0 amide bonds. The highest BCUT2D eigenvalue weighted by Gasteiger charge is 2.13. The Morgan fingerprint density at radius 2 is 1.86 bits per heavy atom. The lowest BCUT2D eigenvalue weighted by atomic mass is 10.3. The van der Waals surface area contributed by atoms with Crippen LogP contribution in [0.3, 0.4) is 0 Å². The topological polar surface area (TPSA) is 63.2 Å². The molecule has 1 N–H and O–H groups in total. The van der Waals surface area contributed by atoms with Crippen LogP contribution in [0.4, 0.5) is 17.6 Å². The van der Waals surface area contributed by atoms with Crippen LogP contribution in [0.15, 0.2) is 30.3 Å². The molecule has 0 saturated carbocycles. The SMILES string of the molecule is CCNc1nc(OC(C)C)nc(N(C)c2ccccc2)n1. The zero-order chi connectivity index (χ0) is 15.2. The van der Waals surface area contributed by atoms with E-state index in [-0.39, 0.29) is 6.10 Å². The molecule has 6 nitrogen and oxygen atoms in total. The number of rotatable bonds is 6. The molecule has 0 spiro atoms. The van der Waals surface area contributed by atoms with Crippen LogP contribution in [-0.4, -0.2) is 34.6 Å². The Morgan fingerprint density at radius 3 is 2.48 bits per heavy atom. The van der Waals surface area contributed by atoms with Gasteiger partial charge in [0.25, 0.3) is 0 Å². The predicted octanol–water partition coefficient (Wildman–Crippen LogP) is 2.86. The van der Waals surface area contributed by atoms with Crippen molar-refractivity contribution >= 4 is 17.6 Å². The van der Waals surface area contributed by atoms with Crippen molar-refractivity contribution in [1.82, 2.24) is 15.0 Å². The molecule has 0 aliphatic heterocycles. The molecule has 1 aromatic carbocycles. The molecule has 2 rings (SSSR count). The van der Waals surface area contributed by atoms with E-state index >= 15 is 0 Å². The Morgan fingerprint density at radius 1 is 1.14 bits per heavy atom. The monoisotopic (exact) mass is 287 g/mol. The van der Waals surface area contributed by atoms with Crippen molar-refractivity contribution in [3.8, 4) is 6.01 Å². The van der Waals surface area contributed by atoms with Gasteiger partial charge in [0, 0.05) is 19.3 Å². The second kappa shape index (κ2) is 6.88. The zero-order valence-electron chi connectivity index (χ0n) is 12.9. The Bertz CT molecular complexity index is 574. The number of anilines is 3. The Labute approximate surface area is 125 Å². The van der Waals surface area contributed by atoms with Gasteiger partial charge in [-0.2, -0.15) is 15.0 Å². The van der Waals surface area contributed by atoms with E-state index in [9.17, 15) is 0 Å². The van der Waals surface area contributed by atoms with Gasteiger partial charge in [-0.15, -0.1) is 0 Å². The summed E-state index contributed by atoms with van der Waals surface area (Å²) < 4.78 is 5.60. The van der Waals surface area contributed by atoms with Crippen molar-refractivity contribution in [3.05, 3.63) is 30.3 Å². The van der Waals surface area contributed by atoms with E-state index in [4.69, 9.17) is 4.74 Å². The number of benzene rings is 1. The minimum atomic E-state index is 0.0109. The van der Waals surface area contributed by atoms with Crippen LogP contribution in [-0.2, 0) is 0 Å². The maximum Gasteiger partial charge on any atom is 0.323 e. The van der Waals surface area contributed by atoms with Crippen LogP contribution in [0, 0.1) is 0 Å². The summed E-state index contributed by atoms with van der Waals surface area (Å²) >= 11 is 0. The van der Waals surface area contributed by atoms with Crippen molar-refractivity contribution < 1.29 is 4.74 Å². The molecule has 0 bridgehead atoms. The Hall–Kier alpha value is -2.37.